The van der Waals surface area contributed by atoms with Crippen LogP contribution in [0.25, 0.3) is 10.8 Å². The highest BCUT2D eigenvalue weighted by molar-refractivity contribution is 7.89. The van der Waals surface area contributed by atoms with Gasteiger partial charge in [0.15, 0.2) is 0 Å². The molecule has 25 heavy (non-hydrogen) atoms. The molecular weight excluding hydrogens is 364 g/mol. The van der Waals surface area contributed by atoms with Gasteiger partial charge >= 0.3 is 0 Å². The van der Waals surface area contributed by atoms with Gasteiger partial charge in [0, 0.05) is 37.5 Å². The maximum Gasteiger partial charge on any atom is 0.241 e. The number of halogens is 1. The number of methoxy groups -OCH3 is 1. The first-order valence-electron chi connectivity index (χ1n) is 7.94. The van der Waals surface area contributed by atoms with Gasteiger partial charge < -0.3 is 14.8 Å². The molecule has 0 atom stereocenters. The predicted octanol–water partition coefficient (Wildman–Crippen LogP) is 2.17. The van der Waals surface area contributed by atoms with Gasteiger partial charge in [-0.2, -0.15) is 0 Å². The van der Waals surface area contributed by atoms with E-state index >= 15 is 0 Å². The molecular formula is C17H25ClN2O4S. The normalized spacial score (nSPS) is 11.3. The van der Waals surface area contributed by atoms with Crippen molar-refractivity contribution in [1.82, 2.24) is 10.0 Å². The van der Waals surface area contributed by atoms with E-state index in [9.17, 15) is 8.42 Å². The van der Waals surface area contributed by atoms with Crippen molar-refractivity contribution in [3.63, 3.8) is 0 Å². The molecule has 0 saturated carbocycles. The van der Waals surface area contributed by atoms with Crippen LogP contribution in [-0.2, 0) is 14.8 Å². The van der Waals surface area contributed by atoms with E-state index in [2.05, 4.69) is 10.0 Å². The Hall–Kier alpha value is -1.38. The quantitative estimate of drug-likeness (QED) is 0.610. The number of hydrogen-bond acceptors (Lipinski definition) is 5. The van der Waals surface area contributed by atoms with E-state index in [-0.39, 0.29) is 17.3 Å². The Morgan fingerprint density at radius 3 is 2.40 bits per heavy atom. The fourth-order valence-electron chi connectivity index (χ4n) is 2.41. The summed E-state index contributed by atoms with van der Waals surface area (Å²) in [4.78, 5) is 0.262. The van der Waals surface area contributed by atoms with Gasteiger partial charge in [0.2, 0.25) is 10.0 Å². The molecule has 140 valence electrons. The van der Waals surface area contributed by atoms with Crippen LogP contribution in [0.4, 0.5) is 0 Å². The molecule has 2 rings (SSSR count). The number of fused-ring (bicyclic) bond motifs is 1. The SMILES string of the molecule is CCOc1ccc(S(=O)(=O)NCCNCCOC)c2ccccc12.Cl. The van der Waals surface area contributed by atoms with Crippen molar-refractivity contribution in [2.75, 3.05) is 40.0 Å². The van der Waals surface area contributed by atoms with Crippen molar-refractivity contribution in [3.05, 3.63) is 36.4 Å². The molecule has 0 aliphatic carbocycles. The summed E-state index contributed by atoms with van der Waals surface area (Å²) < 4.78 is 38.3. The molecule has 2 aromatic carbocycles. The largest absolute Gasteiger partial charge is 0.493 e. The first-order valence-corrected chi connectivity index (χ1v) is 9.42. The standard InChI is InChI=1S/C17H24N2O4S.ClH/c1-3-23-16-8-9-17(15-7-5-4-6-14(15)16)24(20,21)19-11-10-18-12-13-22-2;/h4-9,18-19H,3,10-13H2,1-2H3;1H. The van der Waals surface area contributed by atoms with Crippen LogP contribution in [-0.4, -0.2) is 48.4 Å². The van der Waals surface area contributed by atoms with Crippen LogP contribution >= 0.6 is 12.4 Å². The van der Waals surface area contributed by atoms with Gasteiger partial charge in [-0.25, -0.2) is 13.1 Å². The third-order valence-electron chi connectivity index (χ3n) is 3.51. The lowest BCUT2D eigenvalue weighted by atomic mass is 10.1. The number of ether oxygens (including phenoxy) is 2. The van der Waals surface area contributed by atoms with Crippen molar-refractivity contribution in [3.8, 4) is 5.75 Å². The fourth-order valence-corrected chi connectivity index (χ4v) is 3.65. The van der Waals surface area contributed by atoms with Gasteiger partial charge in [0.05, 0.1) is 18.1 Å². The van der Waals surface area contributed by atoms with Crippen molar-refractivity contribution < 1.29 is 17.9 Å². The number of benzene rings is 2. The Labute approximate surface area is 155 Å². The van der Waals surface area contributed by atoms with E-state index in [1.54, 1.807) is 25.3 Å². The fraction of sp³-hybridized carbons (Fsp3) is 0.412. The summed E-state index contributed by atoms with van der Waals surface area (Å²) in [5.74, 6) is 0.688. The molecule has 0 spiro atoms. The average molecular weight is 389 g/mol. The number of rotatable bonds is 10. The summed E-state index contributed by atoms with van der Waals surface area (Å²) in [6.07, 6.45) is 0. The van der Waals surface area contributed by atoms with Crippen LogP contribution in [0.15, 0.2) is 41.3 Å². The zero-order valence-corrected chi connectivity index (χ0v) is 16.1. The molecule has 0 radical (unpaired) electrons. The monoisotopic (exact) mass is 388 g/mol. The van der Waals surface area contributed by atoms with E-state index in [1.807, 2.05) is 25.1 Å². The van der Waals surface area contributed by atoms with Gasteiger partial charge in [-0.3, -0.25) is 0 Å². The molecule has 0 saturated heterocycles. The van der Waals surface area contributed by atoms with E-state index in [4.69, 9.17) is 9.47 Å². The van der Waals surface area contributed by atoms with Gasteiger partial charge in [-0.05, 0) is 19.1 Å². The maximum absolute atomic E-state index is 12.6. The van der Waals surface area contributed by atoms with Crippen LogP contribution in [0, 0.1) is 0 Å². The predicted molar refractivity (Wildman–Crippen MR) is 102 cm³/mol. The van der Waals surface area contributed by atoms with Crippen molar-refractivity contribution in [2.45, 2.75) is 11.8 Å². The Bertz CT molecular complexity index is 768. The van der Waals surface area contributed by atoms with Gasteiger partial charge in [-0.1, -0.05) is 24.3 Å². The smallest absolute Gasteiger partial charge is 0.241 e. The zero-order chi connectivity index (χ0) is 17.4. The third-order valence-corrected chi connectivity index (χ3v) is 5.03. The van der Waals surface area contributed by atoms with Gasteiger partial charge in [-0.15, -0.1) is 12.4 Å². The summed E-state index contributed by atoms with van der Waals surface area (Å²) in [5.41, 5.74) is 0. The Morgan fingerprint density at radius 1 is 1.00 bits per heavy atom. The molecule has 0 fully saturated rings. The minimum atomic E-state index is -3.59. The molecule has 0 heterocycles. The summed E-state index contributed by atoms with van der Waals surface area (Å²) >= 11 is 0. The molecule has 6 nitrogen and oxygen atoms in total. The molecule has 0 aliphatic rings. The van der Waals surface area contributed by atoms with E-state index < -0.39 is 10.0 Å². The summed E-state index contributed by atoms with van der Waals surface area (Å²) in [6, 6.07) is 10.7. The van der Waals surface area contributed by atoms with Crippen LogP contribution in [0.3, 0.4) is 0 Å². The summed E-state index contributed by atoms with van der Waals surface area (Å²) in [5, 5.41) is 4.55. The number of sulfonamides is 1. The van der Waals surface area contributed by atoms with Gasteiger partial charge in [0.1, 0.15) is 5.75 Å². The minimum absolute atomic E-state index is 0. The second-order valence-corrected chi connectivity index (χ2v) is 6.92. The highest BCUT2D eigenvalue weighted by Crippen LogP contribution is 2.30. The molecule has 0 bridgehead atoms. The van der Waals surface area contributed by atoms with E-state index in [1.165, 1.54) is 0 Å². The van der Waals surface area contributed by atoms with Crippen LogP contribution in [0.5, 0.6) is 5.75 Å². The van der Waals surface area contributed by atoms with Crippen molar-refractivity contribution in [1.29, 1.82) is 0 Å². The minimum Gasteiger partial charge on any atom is -0.493 e. The maximum atomic E-state index is 12.6. The average Bonchev–Trinajstić information content (AvgIpc) is 2.58. The molecule has 8 heteroatoms. The molecule has 0 amide bonds. The summed E-state index contributed by atoms with van der Waals surface area (Å²) in [7, 11) is -1.96. The number of nitrogens with one attached hydrogen (secondary N) is 2. The van der Waals surface area contributed by atoms with Crippen molar-refractivity contribution >= 4 is 33.2 Å². The van der Waals surface area contributed by atoms with E-state index in [0.29, 0.717) is 44.0 Å². The first kappa shape index (κ1) is 21.7. The molecule has 2 N–H and O–H groups in total. The van der Waals surface area contributed by atoms with Gasteiger partial charge in [0.25, 0.3) is 0 Å². The topological polar surface area (TPSA) is 76.7 Å². The van der Waals surface area contributed by atoms with Crippen LogP contribution in [0.1, 0.15) is 6.92 Å². The number of hydrogen-bond donors (Lipinski definition) is 2. The zero-order valence-electron chi connectivity index (χ0n) is 14.4. The highest BCUT2D eigenvalue weighted by Gasteiger charge is 2.18. The lowest BCUT2D eigenvalue weighted by Gasteiger charge is -2.13. The second kappa shape index (κ2) is 10.6. The Kier molecular flexibility index (Phi) is 9.16. The lowest BCUT2D eigenvalue weighted by molar-refractivity contribution is 0.199. The van der Waals surface area contributed by atoms with E-state index in [0.717, 1.165) is 5.39 Å². The summed E-state index contributed by atoms with van der Waals surface area (Å²) in [6.45, 7) is 4.56. The molecule has 0 unspecified atom stereocenters. The molecule has 0 aromatic heterocycles. The highest BCUT2D eigenvalue weighted by atomic mass is 35.5. The Balaban J connectivity index is 0.00000312. The first-order chi connectivity index (χ1) is 11.6. The second-order valence-electron chi connectivity index (χ2n) is 5.18. The third kappa shape index (κ3) is 5.83. The Morgan fingerprint density at radius 2 is 1.72 bits per heavy atom. The molecule has 0 aliphatic heterocycles. The van der Waals surface area contributed by atoms with Crippen molar-refractivity contribution in [2.24, 2.45) is 0 Å². The lowest BCUT2D eigenvalue weighted by Crippen LogP contribution is -2.33. The van der Waals surface area contributed by atoms with Crippen LogP contribution < -0.4 is 14.8 Å². The van der Waals surface area contributed by atoms with Crippen LogP contribution in [0.2, 0.25) is 0 Å². The molecule has 2 aromatic rings.